The first-order valence-electron chi connectivity index (χ1n) is 9.35. The van der Waals surface area contributed by atoms with Crippen LogP contribution in [0.1, 0.15) is 38.3 Å². The van der Waals surface area contributed by atoms with Gasteiger partial charge in [-0.05, 0) is 56.2 Å². The summed E-state index contributed by atoms with van der Waals surface area (Å²) in [5.41, 5.74) is -1.72. The van der Waals surface area contributed by atoms with Crippen LogP contribution < -0.4 is 14.2 Å². The molecule has 0 bridgehead atoms. The Morgan fingerprint density at radius 3 is 1.64 bits per heavy atom. The normalized spacial score (nSPS) is 13.8. The maximum atomic E-state index is 13.0. The summed E-state index contributed by atoms with van der Waals surface area (Å²) in [7, 11) is -1.89. The third-order valence-corrected chi connectivity index (χ3v) is 5.93. The van der Waals surface area contributed by atoms with Gasteiger partial charge in [-0.1, -0.05) is 24.3 Å². The Bertz CT molecular complexity index is 982. The fourth-order valence-corrected chi connectivity index (χ4v) is 3.80. The smallest absolute Gasteiger partial charge is 0.406 e. The molecule has 33 heavy (non-hydrogen) atoms. The number of alkyl halides is 6. The van der Waals surface area contributed by atoms with E-state index in [9.17, 15) is 35.8 Å². The minimum absolute atomic E-state index is 0.0209. The fraction of sp³-hybridized carbons (Fsp3) is 0.381. The molecule has 0 aliphatic heterocycles. The molecule has 0 spiro atoms. The molecule has 0 fully saturated rings. The second-order valence-electron chi connectivity index (χ2n) is 7.87. The van der Waals surface area contributed by atoms with Crippen LogP contribution in [0.2, 0.25) is 0 Å². The van der Waals surface area contributed by atoms with Crippen LogP contribution in [0.4, 0.5) is 26.3 Å². The van der Waals surface area contributed by atoms with Crippen molar-refractivity contribution in [1.82, 2.24) is 4.72 Å². The molecule has 0 heterocycles. The molecule has 0 aliphatic carbocycles. The number of nitriles is 1. The summed E-state index contributed by atoms with van der Waals surface area (Å²) >= 11 is 0. The van der Waals surface area contributed by atoms with Crippen LogP contribution >= 0.6 is 0 Å². The summed E-state index contributed by atoms with van der Waals surface area (Å²) in [6, 6.07) is 11.0. The molecule has 0 aromatic heterocycles. The zero-order valence-corrected chi connectivity index (χ0v) is 18.5. The Kier molecular flexibility index (Phi) is 7.71. The third kappa shape index (κ3) is 7.36. The number of rotatable bonds is 7. The number of halogens is 6. The van der Waals surface area contributed by atoms with Gasteiger partial charge in [0.25, 0.3) is 0 Å². The summed E-state index contributed by atoms with van der Waals surface area (Å²) in [5.74, 6) is -1.23. The highest BCUT2D eigenvalue weighted by Crippen LogP contribution is 2.39. The molecule has 2 rings (SSSR count). The van der Waals surface area contributed by atoms with Crippen LogP contribution in [0.25, 0.3) is 0 Å². The van der Waals surface area contributed by atoms with Crippen molar-refractivity contribution in [3.63, 3.8) is 0 Å². The van der Waals surface area contributed by atoms with E-state index in [-0.39, 0.29) is 11.1 Å². The summed E-state index contributed by atoms with van der Waals surface area (Å²) in [6.45, 7) is 4.83. The number of benzene rings is 2. The number of hydrogen-bond acceptors (Lipinski definition) is 4. The Hall–Kier alpha value is -2.78. The van der Waals surface area contributed by atoms with Crippen molar-refractivity contribution in [2.24, 2.45) is 0 Å². The first-order chi connectivity index (χ1) is 15.1. The summed E-state index contributed by atoms with van der Waals surface area (Å²) in [5, 5.41) is 9.54. The molecule has 1 unspecified atom stereocenters. The first kappa shape index (κ1) is 26.5. The maximum absolute atomic E-state index is 13.0. The zero-order chi connectivity index (χ0) is 25.1. The maximum Gasteiger partial charge on any atom is 0.573 e. The minimum atomic E-state index is -5.00. The number of ether oxygens (including phenoxy) is 2. The standard InChI is InChI=1S/C21H20F6N2O3S/c1-18(2,3)33(30)29-19(10-11-28,14-6-4-8-16(12-14)31-20(22,23)24)15-7-5-9-17(13-15)32-21(25,26)27/h4-9,12-13,29H,10H2,1-3H3. The SMILES string of the molecule is CC(C)(C)S(=O)NC(CC#N)(c1cccc(OC(F)(F)F)c1)c1cccc(OC(F)(F)F)c1. The predicted molar refractivity (Wildman–Crippen MR) is 108 cm³/mol. The van der Waals surface area contributed by atoms with Crippen LogP contribution in [-0.4, -0.2) is 21.7 Å². The Morgan fingerprint density at radius 2 is 1.30 bits per heavy atom. The van der Waals surface area contributed by atoms with Gasteiger partial charge in [0.15, 0.2) is 0 Å². The van der Waals surface area contributed by atoms with Gasteiger partial charge >= 0.3 is 12.7 Å². The third-order valence-electron chi connectivity index (χ3n) is 4.29. The molecule has 0 amide bonds. The van der Waals surface area contributed by atoms with E-state index in [1.807, 2.05) is 6.07 Å². The number of nitrogens with zero attached hydrogens (tertiary/aromatic N) is 1. The van der Waals surface area contributed by atoms with E-state index in [2.05, 4.69) is 14.2 Å². The summed E-state index contributed by atoms with van der Waals surface area (Å²) in [6.07, 6.45) is -10.5. The lowest BCUT2D eigenvalue weighted by Gasteiger charge is -2.36. The van der Waals surface area contributed by atoms with E-state index < -0.39 is 51.9 Å². The highest BCUT2D eigenvalue weighted by Gasteiger charge is 2.40. The Morgan fingerprint density at radius 1 is 0.879 bits per heavy atom. The van der Waals surface area contributed by atoms with Gasteiger partial charge in [-0.15, -0.1) is 26.3 Å². The Labute approximate surface area is 188 Å². The lowest BCUT2D eigenvalue weighted by molar-refractivity contribution is -0.275. The quantitative estimate of drug-likeness (QED) is 0.502. The van der Waals surface area contributed by atoms with Crippen molar-refractivity contribution in [2.75, 3.05) is 0 Å². The van der Waals surface area contributed by atoms with Crippen molar-refractivity contribution < 1.29 is 40.0 Å². The topological polar surface area (TPSA) is 71.4 Å². The average Bonchev–Trinajstić information content (AvgIpc) is 2.64. The van der Waals surface area contributed by atoms with Crippen LogP contribution in [0.5, 0.6) is 11.5 Å². The highest BCUT2D eigenvalue weighted by atomic mass is 32.2. The summed E-state index contributed by atoms with van der Waals surface area (Å²) in [4.78, 5) is 0. The van der Waals surface area contributed by atoms with Crippen LogP contribution in [0, 0.1) is 11.3 Å². The van der Waals surface area contributed by atoms with Crippen molar-refractivity contribution in [2.45, 2.75) is 50.2 Å². The molecule has 0 saturated carbocycles. The lowest BCUT2D eigenvalue weighted by Crippen LogP contribution is -2.48. The van der Waals surface area contributed by atoms with Crippen molar-refractivity contribution >= 4 is 11.0 Å². The van der Waals surface area contributed by atoms with Gasteiger partial charge in [-0.25, -0.2) is 8.93 Å². The number of nitrogens with one attached hydrogen (secondary N) is 1. The van der Waals surface area contributed by atoms with Gasteiger partial charge in [0.2, 0.25) is 0 Å². The van der Waals surface area contributed by atoms with Crippen molar-refractivity contribution in [3.05, 3.63) is 59.7 Å². The monoisotopic (exact) mass is 494 g/mol. The van der Waals surface area contributed by atoms with Gasteiger partial charge < -0.3 is 9.47 Å². The van der Waals surface area contributed by atoms with Crippen molar-refractivity contribution in [3.8, 4) is 17.6 Å². The second kappa shape index (κ2) is 9.61. The molecular formula is C21H20F6N2O3S. The van der Waals surface area contributed by atoms with E-state index in [4.69, 9.17) is 0 Å². The highest BCUT2D eigenvalue weighted by molar-refractivity contribution is 7.84. The van der Waals surface area contributed by atoms with Crippen LogP contribution in [-0.2, 0) is 16.5 Å². The largest absolute Gasteiger partial charge is 0.573 e. The van der Waals surface area contributed by atoms with E-state index in [0.717, 1.165) is 24.3 Å². The molecule has 1 N–H and O–H groups in total. The molecule has 2 aromatic rings. The number of hydrogen-bond donors (Lipinski definition) is 1. The molecule has 1 atom stereocenters. The van der Waals surface area contributed by atoms with Gasteiger partial charge in [-0.2, -0.15) is 5.26 Å². The molecule has 0 saturated heterocycles. The van der Waals surface area contributed by atoms with Gasteiger partial charge in [0.05, 0.1) is 33.8 Å². The van der Waals surface area contributed by atoms with Crippen LogP contribution in [0.15, 0.2) is 48.5 Å². The van der Waals surface area contributed by atoms with E-state index in [0.29, 0.717) is 0 Å². The molecule has 12 heteroatoms. The molecule has 5 nitrogen and oxygen atoms in total. The summed E-state index contributed by atoms with van der Waals surface area (Å²) < 4.78 is 99.3. The van der Waals surface area contributed by atoms with Gasteiger partial charge in [-0.3, -0.25) is 0 Å². The van der Waals surface area contributed by atoms with E-state index in [1.54, 1.807) is 20.8 Å². The van der Waals surface area contributed by atoms with E-state index >= 15 is 0 Å². The predicted octanol–water partition coefficient (Wildman–Crippen LogP) is 5.69. The van der Waals surface area contributed by atoms with E-state index in [1.165, 1.54) is 24.3 Å². The second-order valence-corrected chi connectivity index (χ2v) is 9.84. The molecular weight excluding hydrogens is 474 g/mol. The first-order valence-corrected chi connectivity index (χ1v) is 10.5. The van der Waals surface area contributed by atoms with Gasteiger partial charge in [0, 0.05) is 0 Å². The fourth-order valence-electron chi connectivity index (χ4n) is 2.87. The molecule has 0 radical (unpaired) electrons. The average molecular weight is 494 g/mol. The zero-order valence-electron chi connectivity index (χ0n) is 17.7. The molecule has 0 aliphatic rings. The molecule has 180 valence electrons. The minimum Gasteiger partial charge on any atom is -0.406 e. The lowest BCUT2D eigenvalue weighted by atomic mass is 9.81. The van der Waals surface area contributed by atoms with Gasteiger partial charge in [0.1, 0.15) is 11.5 Å². The van der Waals surface area contributed by atoms with Crippen LogP contribution in [0.3, 0.4) is 0 Å². The molecule has 2 aromatic carbocycles. The van der Waals surface area contributed by atoms with Crippen molar-refractivity contribution in [1.29, 1.82) is 5.26 Å². The Balaban J connectivity index is 2.74.